The summed E-state index contributed by atoms with van der Waals surface area (Å²) in [6, 6.07) is 13.0. The fraction of sp³-hybridized carbons (Fsp3) is 0.333. The van der Waals surface area contributed by atoms with Crippen molar-refractivity contribution in [1.29, 1.82) is 0 Å². The molecule has 0 bridgehead atoms. The molecule has 0 radical (unpaired) electrons. The minimum absolute atomic E-state index is 0.0318. The number of ether oxygens (including phenoxy) is 1. The molecule has 1 aromatic heterocycles. The van der Waals surface area contributed by atoms with E-state index in [4.69, 9.17) is 9.15 Å². The van der Waals surface area contributed by atoms with Crippen molar-refractivity contribution in [3.8, 4) is 0 Å². The van der Waals surface area contributed by atoms with Gasteiger partial charge in [0.2, 0.25) is 5.91 Å². The molecule has 6 heteroatoms. The SMILES string of the molecule is COCCN(Cc1ccccc1)C(=O)CCNC(=O)c1ccco1. The van der Waals surface area contributed by atoms with Gasteiger partial charge in [-0.15, -0.1) is 0 Å². The lowest BCUT2D eigenvalue weighted by Gasteiger charge is -2.22. The van der Waals surface area contributed by atoms with E-state index in [1.165, 1.54) is 6.26 Å². The quantitative estimate of drug-likeness (QED) is 0.764. The maximum atomic E-state index is 12.4. The zero-order valence-electron chi connectivity index (χ0n) is 13.7. The molecule has 1 heterocycles. The Kier molecular flexibility index (Phi) is 7.04. The fourth-order valence-electron chi connectivity index (χ4n) is 2.23. The standard InChI is InChI=1S/C18H22N2O4/c1-23-13-11-20(14-15-6-3-2-4-7-15)17(21)9-10-19-18(22)16-8-5-12-24-16/h2-8,12H,9-11,13-14H2,1H3,(H,19,22). The number of nitrogens with zero attached hydrogens (tertiary/aromatic N) is 1. The molecule has 0 aliphatic heterocycles. The maximum absolute atomic E-state index is 12.4. The molecule has 0 atom stereocenters. The van der Waals surface area contributed by atoms with Crippen molar-refractivity contribution in [2.24, 2.45) is 0 Å². The third-order valence-electron chi connectivity index (χ3n) is 3.50. The highest BCUT2D eigenvalue weighted by Gasteiger charge is 2.15. The highest BCUT2D eigenvalue weighted by molar-refractivity contribution is 5.91. The molecule has 2 amide bonds. The van der Waals surface area contributed by atoms with Crippen molar-refractivity contribution in [3.63, 3.8) is 0 Å². The number of methoxy groups -OCH3 is 1. The minimum Gasteiger partial charge on any atom is -0.459 e. The van der Waals surface area contributed by atoms with Crippen LogP contribution in [0.15, 0.2) is 53.1 Å². The number of hydrogen-bond acceptors (Lipinski definition) is 4. The van der Waals surface area contributed by atoms with Gasteiger partial charge in [-0.25, -0.2) is 0 Å². The van der Waals surface area contributed by atoms with E-state index in [0.717, 1.165) is 5.56 Å². The van der Waals surface area contributed by atoms with Crippen LogP contribution in [-0.4, -0.2) is 43.5 Å². The molecule has 0 saturated carbocycles. The van der Waals surface area contributed by atoms with E-state index in [1.807, 2.05) is 30.3 Å². The van der Waals surface area contributed by atoms with Gasteiger partial charge in [-0.05, 0) is 17.7 Å². The Balaban J connectivity index is 1.84. The summed E-state index contributed by atoms with van der Waals surface area (Å²) in [6.07, 6.45) is 1.66. The topological polar surface area (TPSA) is 71.8 Å². The van der Waals surface area contributed by atoms with E-state index in [9.17, 15) is 9.59 Å². The number of carbonyl (C=O) groups is 2. The van der Waals surface area contributed by atoms with Gasteiger partial charge < -0.3 is 19.4 Å². The predicted octanol–water partition coefficient (Wildman–Crippen LogP) is 2.07. The van der Waals surface area contributed by atoms with Crippen LogP contribution in [0, 0.1) is 0 Å². The van der Waals surface area contributed by atoms with Crippen molar-refractivity contribution in [2.75, 3.05) is 26.8 Å². The first-order chi connectivity index (χ1) is 11.7. The van der Waals surface area contributed by atoms with Crippen molar-refractivity contribution in [2.45, 2.75) is 13.0 Å². The van der Waals surface area contributed by atoms with Crippen LogP contribution in [0.3, 0.4) is 0 Å². The molecule has 24 heavy (non-hydrogen) atoms. The molecule has 1 aromatic carbocycles. The number of furan rings is 1. The van der Waals surface area contributed by atoms with Crippen LogP contribution < -0.4 is 5.32 Å². The van der Waals surface area contributed by atoms with Crippen LogP contribution in [0.2, 0.25) is 0 Å². The molecule has 0 fully saturated rings. The van der Waals surface area contributed by atoms with Gasteiger partial charge in [-0.1, -0.05) is 30.3 Å². The van der Waals surface area contributed by atoms with Gasteiger partial charge in [0, 0.05) is 33.2 Å². The average molecular weight is 330 g/mol. The summed E-state index contributed by atoms with van der Waals surface area (Å²) in [5.74, 6) is -0.113. The highest BCUT2D eigenvalue weighted by Crippen LogP contribution is 2.06. The Labute approximate surface area is 141 Å². The zero-order chi connectivity index (χ0) is 17.2. The van der Waals surface area contributed by atoms with Gasteiger partial charge in [0.05, 0.1) is 12.9 Å². The molecule has 1 N–H and O–H groups in total. The zero-order valence-corrected chi connectivity index (χ0v) is 13.7. The molecular formula is C18H22N2O4. The fourth-order valence-corrected chi connectivity index (χ4v) is 2.23. The Morgan fingerprint density at radius 3 is 2.62 bits per heavy atom. The number of nitrogens with one attached hydrogen (secondary N) is 1. The van der Waals surface area contributed by atoms with Crippen molar-refractivity contribution >= 4 is 11.8 Å². The summed E-state index contributed by atoms with van der Waals surface area (Å²) in [5, 5.41) is 2.68. The molecule has 0 aliphatic carbocycles. The maximum Gasteiger partial charge on any atom is 0.286 e. The Morgan fingerprint density at radius 1 is 1.17 bits per heavy atom. The van der Waals surface area contributed by atoms with Crippen LogP contribution in [-0.2, 0) is 16.1 Å². The minimum atomic E-state index is -0.320. The number of amides is 2. The van der Waals surface area contributed by atoms with Gasteiger partial charge in [0.25, 0.3) is 5.91 Å². The summed E-state index contributed by atoms with van der Waals surface area (Å²) in [7, 11) is 1.61. The van der Waals surface area contributed by atoms with E-state index in [2.05, 4.69) is 5.32 Å². The van der Waals surface area contributed by atoms with Crippen LogP contribution in [0.4, 0.5) is 0 Å². The molecule has 0 spiro atoms. The largest absolute Gasteiger partial charge is 0.459 e. The summed E-state index contributed by atoms with van der Waals surface area (Å²) < 4.78 is 10.1. The lowest BCUT2D eigenvalue weighted by atomic mass is 10.2. The Hall–Kier alpha value is -2.60. The second-order valence-corrected chi connectivity index (χ2v) is 5.28. The van der Waals surface area contributed by atoms with Crippen LogP contribution in [0.25, 0.3) is 0 Å². The van der Waals surface area contributed by atoms with Crippen LogP contribution >= 0.6 is 0 Å². The summed E-state index contributed by atoms with van der Waals surface area (Å²) in [5.41, 5.74) is 1.06. The molecular weight excluding hydrogens is 308 g/mol. The first-order valence-corrected chi connectivity index (χ1v) is 7.83. The average Bonchev–Trinajstić information content (AvgIpc) is 3.14. The second-order valence-electron chi connectivity index (χ2n) is 5.28. The Morgan fingerprint density at radius 2 is 1.96 bits per heavy atom. The summed E-state index contributed by atoms with van der Waals surface area (Å²) in [6.45, 7) is 1.76. The van der Waals surface area contributed by atoms with E-state index in [1.54, 1.807) is 24.1 Å². The third kappa shape index (κ3) is 5.55. The molecule has 6 nitrogen and oxygen atoms in total. The van der Waals surface area contributed by atoms with Crippen molar-refractivity contribution in [3.05, 3.63) is 60.1 Å². The Bertz CT molecular complexity index is 626. The molecule has 2 aromatic rings. The van der Waals surface area contributed by atoms with Crippen molar-refractivity contribution < 1.29 is 18.7 Å². The summed E-state index contributed by atoms with van der Waals surface area (Å²) in [4.78, 5) is 25.9. The number of benzene rings is 1. The van der Waals surface area contributed by atoms with Crippen molar-refractivity contribution in [1.82, 2.24) is 10.2 Å². The lowest BCUT2D eigenvalue weighted by Crippen LogP contribution is -2.36. The van der Waals surface area contributed by atoms with E-state index < -0.39 is 0 Å². The number of carbonyl (C=O) groups excluding carboxylic acids is 2. The first kappa shape index (κ1) is 17.7. The number of hydrogen-bond donors (Lipinski definition) is 1. The monoisotopic (exact) mass is 330 g/mol. The van der Waals surface area contributed by atoms with Crippen LogP contribution in [0.1, 0.15) is 22.5 Å². The molecule has 128 valence electrons. The normalized spacial score (nSPS) is 10.4. The highest BCUT2D eigenvalue weighted by atomic mass is 16.5. The predicted molar refractivity (Wildman–Crippen MR) is 89.4 cm³/mol. The van der Waals surface area contributed by atoms with Gasteiger partial charge in [0.15, 0.2) is 5.76 Å². The third-order valence-corrected chi connectivity index (χ3v) is 3.50. The van der Waals surface area contributed by atoms with Gasteiger partial charge >= 0.3 is 0 Å². The van der Waals surface area contributed by atoms with E-state index in [0.29, 0.717) is 19.7 Å². The van der Waals surface area contributed by atoms with E-state index >= 15 is 0 Å². The number of rotatable bonds is 9. The summed E-state index contributed by atoms with van der Waals surface area (Å²) >= 11 is 0. The first-order valence-electron chi connectivity index (χ1n) is 7.83. The van der Waals surface area contributed by atoms with Gasteiger partial charge in [0.1, 0.15) is 0 Å². The smallest absolute Gasteiger partial charge is 0.286 e. The molecule has 0 unspecified atom stereocenters. The van der Waals surface area contributed by atoms with Crippen LogP contribution in [0.5, 0.6) is 0 Å². The lowest BCUT2D eigenvalue weighted by molar-refractivity contribution is -0.132. The van der Waals surface area contributed by atoms with Gasteiger partial charge in [-0.2, -0.15) is 0 Å². The molecule has 0 saturated heterocycles. The molecule has 2 rings (SSSR count). The van der Waals surface area contributed by atoms with Gasteiger partial charge in [-0.3, -0.25) is 9.59 Å². The molecule has 0 aliphatic rings. The van der Waals surface area contributed by atoms with E-state index in [-0.39, 0.29) is 30.5 Å². The second kappa shape index (κ2) is 9.52.